The van der Waals surface area contributed by atoms with Gasteiger partial charge in [-0.15, -0.1) is 0 Å². The zero-order chi connectivity index (χ0) is 20.0. The topological polar surface area (TPSA) is 132 Å². The number of rotatable bonds is 6. The molecular formula is C18H21N3O6. The Balaban J connectivity index is 2.15. The standard InChI is InChI=1S/C18H21N3O6/c1-12(16(22)20-18(11-19)8-4-3-5-9-18)27-15-7-6-13(17(23)26-2)10-14(15)21(24)25/h6-7,10,12H,3-5,8-9H2,1-2H3,(H,20,22)/t12-/m1/s1. The van der Waals surface area contributed by atoms with Gasteiger partial charge in [0.25, 0.3) is 5.91 Å². The Labute approximate surface area is 156 Å². The van der Waals surface area contributed by atoms with E-state index >= 15 is 0 Å². The van der Waals surface area contributed by atoms with Crippen molar-refractivity contribution in [1.82, 2.24) is 5.32 Å². The first-order valence-electron chi connectivity index (χ1n) is 8.58. The fourth-order valence-electron chi connectivity index (χ4n) is 3.01. The van der Waals surface area contributed by atoms with Crippen molar-refractivity contribution in [2.24, 2.45) is 0 Å². The summed E-state index contributed by atoms with van der Waals surface area (Å²) in [6.45, 7) is 1.45. The highest BCUT2D eigenvalue weighted by molar-refractivity contribution is 5.90. The summed E-state index contributed by atoms with van der Waals surface area (Å²) in [6, 6.07) is 5.77. The maximum absolute atomic E-state index is 12.5. The first-order valence-corrected chi connectivity index (χ1v) is 8.58. The molecule has 0 unspecified atom stereocenters. The zero-order valence-corrected chi connectivity index (χ0v) is 15.2. The van der Waals surface area contributed by atoms with Gasteiger partial charge in [0.2, 0.25) is 0 Å². The SMILES string of the molecule is COC(=O)c1ccc(O[C@H](C)C(=O)NC2(C#N)CCCCC2)c([N+](=O)[O-])c1. The molecule has 1 atom stereocenters. The number of nitriles is 1. The van der Waals surface area contributed by atoms with Gasteiger partial charge >= 0.3 is 11.7 Å². The van der Waals surface area contributed by atoms with Crippen molar-refractivity contribution in [3.05, 3.63) is 33.9 Å². The molecule has 1 aliphatic rings. The molecule has 1 aliphatic carbocycles. The van der Waals surface area contributed by atoms with Crippen molar-refractivity contribution in [3.8, 4) is 11.8 Å². The molecule has 1 saturated carbocycles. The molecule has 144 valence electrons. The second-order valence-corrected chi connectivity index (χ2v) is 6.44. The van der Waals surface area contributed by atoms with Gasteiger partial charge in [-0.25, -0.2) is 4.79 Å². The van der Waals surface area contributed by atoms with Crippen molar-refractivity contribution in [2.45, 2.75) is 50.7 Å². The fourth-order valence-corrected chi connectivity index (χ4v) is 3.01. The van der Waals surface area contributed by atoms with E-state index in [1.165, 1.54) is 26.2 Å². The van der Waals surface area contributed by atoms with Gasteiger partial charge in [0, 0.05) is 6.07 Å². The summed E-state index contributed by atoms with van der Waals surface area (Å²) < 4.78 is 9.99. The highest BCUT2D eigenvalue weighted by Crippen LogP contribution is 2.30. The van der Waals surface area contributed by atoms with Gasteiger partial charge in [-0.1, -0.05) is 19.3 Å². The molecule has 0 aromatic heterocycles. The summed E-state index contributed by atoms with van der Waals surface area (Å²) in [5.74, 6) is -1.39. The van der Waals surface area contributed by atoms with Gasteiger partial charge < -0.3 is 14.8 Å². The number of carbonyl (C=O) groups excluding carboxylic acids is 2. The van der Waals surface area contributed by atoms with Crippen molar-refractivity contribution in [1.29, 1.82) is 5.26 Å². The number of nitro groups is 1. The lowest BCUT2D eigenvalue weighted by molar-refractivity contribution is -0.386. The predicted molar refractivity (Wildman–Crippen MR) is 94.1 cm³/mol. The fraction of sp³-hybridized carbons (Fsp3) is 0.500. The van der Waals surface area contributed by atoms with E-state index in [4.69, 9.17) is 4.74 Å². The highest BCUT2D eigenvalue weighted by Gasteiger charge is 2.35. The van der Waals surface area contributed by atoms with Crippen molar-refractivity contribution in [2.75, 3.05) is 7.11 Å². The summed E-state index contributed by atoms with van der Waals surface area (Å²) in [7, 11) is 1.17. The number of nitro benzene ring substituents is 1. The number of benzene rings is 1. The van der Waals surface area contributed by atoms with Crippen LogP contribution in [0.3, 0.4) is 0 Å². The molecule has 1 N–H and O–H groups in total. The average molecular weight is 375 g/mol. The van der Waals surface area contributed by atoms with Crippen LogP contribution in [0.15, 0.2) is 18.2 Å². The van der Waals surface area contributed by atoms with Gasteiger partial charge in [-0.3, -0.25) is 14.9 Å². The number of ether oxygens (including phenoxy) is 2. The number of esters is 1. The van der Waals surface area contributed by atoms with E-state index in [0.29, 0.717) is 12.8 Å². The van der Waals surface area contributed by atoms with Gasteiger partial charge in [-0.05, 0) is 31.9 Å². The molecule has 1 fully saturated rings. The molecule has 0 spiro atoms. The Morgan fingerprint density at radius 2 is 2.00 bits per heavy atom. The zero-order valence-electron chi connectivity index (χ0n) is 15.2. The van der Waals surface area contributed by atoms with Crippen molar-refractivity contribution >= 4 is 17.6 Å². The van der Waals surface area contributed by atoms with Crippen LogP contribution in [0.25, 0.3) is 0 Å². The molecule has 0 bridgehead atoms. The van der Waals surface area contributed by atoms with Crippen LogP contribution in [0.5, 0.6) is 5.75 Å². The number of hydrogen-bond donors (Lipinski definition) is 1. The highest BCUT2D eigenvalue weighted by atomic mass is 16.6. The monoisotopic (exact) mass is 375 g/mol. The van der Waals surface area contributed by atoms with Crippen LogP contribution in [-0.2, 0) is 9.53 Å². The lowest BCUT2D eigenvalue weighted by Gasteiger charge is -2.32. The van der Waals surface area contributed by atoms with Crippen LogP contribution >= 0.6 is 0 Å². The minimum absolute atomic E-state index is 0.000654. The van der Waals surface area contributed by atoms with E-state index in [1.807, 2.05) is 0 Å². The van der Waals surface area contributed by atoms with E-state index in [-0.39, 0.29) is 11.3 Å². The van der Waals surface area contributed by atoms with Crippen LogP contribution < -0.4 is 10.1 Å². The van der Waals surface area contributed by atoms with E-state index in [1.54, 1.807) is 0 Å². The molecule has 0 saturated heterocycles. The average Bonchev–Trinajstić information content (AvgIpc) is 2.68. The van der Waals surface area contributed by atoms with E-state index in [0.717, 1.165) is 25.3 Å². The molecule has 27 heavy (non-hydrogen) atoms. The second-order valence-electron chi connectivity index (χ2n) is 6.44. The Bertz CT molecular complexity index is 780. The van der Waals surface area contributed by atoms with Crippen LogP contribution in [0.4, 0.5) is 5.69 Å². The number of nitrogens with one attached hydrogen (secondary N) is 1. The summed E-state index contributed by atoms with van der Waals surface area (Å²) >= 11 is 0. The largest absolute Gasteiger partial charge is 0.474 e. The minimum atomic E-state index is -1.06. The molecule has 0 aliphatic heterocycles. The van der Waals surface area contributed by atoms with Crippen molar-refractivity contribution < 1.29 is 24.0 Å². The van der Waals surface area contributed by atoms with Crippen LogP contribution in [0.1, 0.15) is 49.4 Å². The Kier molecular flexibility index (Phi) is 6.34. The first kappa shape index (κ1) is 20.2. The maximum atomic E-state index is 12.5. The third kappa shape index (κ3) is 4.73. The molecule has 1 aromatic rings. The lowest BCUT2D eigenvalue weighted by Crippen LogP contribution is -2.52. The third-order valence-electron chi connectivity index (χ3n) is 4.53. The minimum Gasteiger partial charge on any atom is -0.474 e. The molecule has 0 heterocycles. The smallest absolute Gasteiger partial charge is 0.338 e. The van der Waals surface area contributed by atoms with Crippen LogP contribution in [-0.4, -0.2) is 35.6 Å². The third-order valence-corrected chi connectivity index (χ3v) is 4.53. The summed E-state index contributed by atoms with van der Waals surface area (Å²) in [5, 5.41) is 23.4. The van der Waals surface area contributed by atoms with E-state index in [9.17, 15) is 25.0 Å². The summed E-state index contributed by atoms with van der Waals surface area (Å²) in [4.78, 5) is 34.6. The quantitative estimate of drug-likeness (QED) is 0.459. The van der Waals surface area contributed by atoms with Crippen LogP contribution in [0, 0.1) is 21.4 Å². The molecule has 2 rings (SSSR count). The number of nitrogens with zero attached hydrogens (tertiary/aromatic N) is 2. The number of hydrogen-bond acceptors (Lipinski definition) is 7. The van der Waals surface area contributed by atoms with E-state index in [2.05, 4.69) is 16.1 Å². The number of amides is 1. The molecule has 9 heteroatoms. The Morgan fingerprint density at radius 3 is 2.56 bits per heavy atom. The number of methoxy groups -OCH3 is 1. The number of carbonyl (C=O) groups is 2. The Hall–Kier alpha value is -3.15. The van der Waals surface area contributed by atoms with E-state index < -0.39 is 34.1 Å². The van der Waals surface area contributed by atoms with Gasteiger partial charge in [0.15, 0.2) is 11.9 Å². The normalized spacial score (nSPS) is 16.5. The molecule has 9 nitrogen and oxygen atoms in total. The Morgan fingerprint density at radius 1 is 1.33 bits per heavy atom. The maximum Gasteiger partial charge on any atom is 0.338 e. The molecular weight excluding hydrogens is 354 g/mol. The lowest BCUT2D eigenvalue weighted by atomic mass is 9.83. The molecule has 1 aromatic carbocycles. The molecule has 1 amide bonds. The van der Waals surface area contributed by atoms with Gasteiger partial charge in [0.1, 0.15) is 5.54 Å². The van der Waals surface area contributed by atoms with Crippen LogP contribution in [0.2, 0.25) is 0 Å². The summed E-state index contributed by atoms with van der Waals surface area (Å²) in [5.41, 5.74) is -1.38. The van der Waals surface area contributed by atoms with Gasteiger partial charge in [-0.2, -0.15) is 5.26 Å². The first-order chi connectivity index (χ1) is 12.8. The second kappa shape index (κ2) is 8.49. The van der Waals surface area contributed by atoms with Gasteiger partial charge in [0.05, 0.1) is 23.7 Å². The molecule has 0 radical (unpaired) electrons. The summed E-state index contributed by atoms with van der Waals surface area (Å²) in [6.07, 6.45) is 2.79. The van der Waals surface area contributed by atoms with Crippen molar-refractivity contribution in [3.63, 3.8) is 0 Å². The predicted octanol–water partition coefficient (Wildman–Crippen LogP) is 2.49.